The lowest BCUT2D eigenvalue weighted by Gasteiger charge is -2.11. The number of carbonyl (C=O) groups is 1. The highest BCUT2D eigenvalue weighted by Crippen LogP contribution is 2.21. The highest BCUT2D eigenvalue weighted by molar-refractivity contribution is 5.67. The Morgan fingerprint density at radius 2 is 2.07 bits per heavy atom. The molecule has 0 heterocycles. The first-order chi connectivity index (χ1) is 6.91. The largest absolute Gasteiger partial charge is 0.481 e. The quantitative estimate of drug-likeness (QED) is 0.807. The van der Waals surface area contributed by atoms with Gasteiger partial charge < -0.3 is 10.8 Å². The van der Waals surface area contributed by atoms with Gasteiger partial charge >= 0.3 is 5.97 Å². The molecule has 1 aromatic rings. The molecule has 3 N–H and O–H groups in total. The zero-order valence-electron chi connectivity index (χ0n) is 8.13. The summed E-state index contributed by atoms with van der Waals surface area (Å²) in [5.41, 5.74) is 5.48. The average molecular weight is 215 g/mol. The van der Waals surface area contributed by atoms with Gasteiger partial charge in [0, 0.05) is 11.6 Å². The van der Waals surface area contributed by atoms with Crippen molar-refractivity contribution in [3.05, 3.63) is 34.9 Å². The summed E-state index contributed by atoms with van der Waals surface area (Å²) in [4.78, 5) is 10.4. The van der Waals surface area contributed by atoms with Gasteiger partial charge in [0.25, 0.3) is 0 Å². The molecule has 3 nitrogen and oxygen atoms in total. The number of hydrogen-bond acceptors (Lipinski definition) is 2. The normalized spacial score (nSPS) is 12.5. The van der Waals surface area contributed by atoms with Crippen LogP contribution in [-0.2, 0) is 4.79 Å². The summed E-state index contributed by atoms with van der Waals surface area (Å²) in [6.07, 6.45) is -0.431. The van der Waals surface area contributed by atoms with Gasteiger partial charge in [0.1, 0.15) is 11.6 Å². The van der Waals surface area contributed by atoms with Crippen molar-refractivity contribution in [3.63, 3.8) is 0 Å². The number of benzene rings is 1. The van der Waals surface area contributed by atoms with Crippen LogP contribution in [0.5, 0.6) is 0 Å². The maximum Gasteiger partial charge on any atom is 0.305 e. The summed E-state index contributed by atoms with van der Waals surface area (Å²) in [6.45, 7) is 1.42. The number of nitrogens with two attached hydrogens (primary N) is 1. The fourth-order valence-electron chi connectivity index (χ4n) is 1.24. The van der Waals surface area contributed by atoms with Crippen molar-refractivity contribution in [2.45, 2.75) is 19.4 Å². The van der Waals surface area contributed by atoms with E-state index in [0.717, 1.165) is 12.1 Å². The summed E-state index contributed by atoms with van der Waals surface area (Å²) in [6, 6.07) is 0.919. The molecule has 0 fully saturated rings. The molecule has 0 bridgehead atoms. The molecular formula is C10H11F2NO2. The van der Waals surface area contributed by atoms with E-state index in [0.29, 0.717) is 0 Å². The van der Waals surface area contributed by atoms with Crippen molar-refractivity contribution in [2.24, 2.45) is 5.73 Å². The van der Waals surface area contributed by atoms with Gasteiger partial charge in [-0.3, -0.25) is 4.79 Å². The molecule has 0 saturated heterocycles. The Bertz CT molecular complexity index is 393. The lowest BCUT2D eigenvalue weighted by molar-refractivity contribution is -0.137. The van der Waals surface area contributed by atoms with Crippen LogP contribution in [0.2, 0.25) is 0 Å². The molecule has 0 saturated carbocycles. The number of carboxylic acid groups (broad SMARTS) is 1. The van der Waals surface area contributed by atoms with Gasteiger partial charge in [0.2, 0.25) is 0 Å². The number of hydrogen-bond donors (Lipinski definition) is 2. The van der Waals surface area contributed by atoms with Crippen LogP contribution in [0.1, 0.15) is 23.6 Å². The first kappa shape index (κ1) is 11.6. The molecule has 1 aromatic carbocycles. The third-order valence-electron chi connectivity index (χ3n) is 2.07. The molecular weight excluding hydrogens is 204 g/mol. The fraction of sp³-hybridized carbons (Fsp3) is 0.300. The van der Waals surface area contributed by atoms with Crippen LogP contribution in [0.15, 0.2) is 12.1 Å². The molecule has 5 heteroatoms. The van der Waals surface area contributed by atoms with Gasteiger partial charge in [0.15, 0.2) is 0 Å². The van der Waals surface area contributed by atoms with E-state index < -0.39 is 30.1 Å². The summed E-state index contributed by atoms with van der Waals surface area (Å²) in [7, 11) is 0. The third kappa shape index (κ3) is 2.73. The standard InChI is InChI=1S/C10H11F2NO2/c1-5-2-8(12)6(3-7(5)11)9(13)4-10(14)15/h2-3,9H,4,13H2,1H3,(H,14,15). The second-order valence-corrected chi connectivity index (χ2v) is 3.33. The van der Waals surface area contributed by atoms with Crippen molar-refractivity contribution in [1.29, 1.82) is 0 Å². The summed E-state index contributed by atoms with van der Waals surface area (Å²) < 4.78 is 26.4. The predicted molar refractivity (Wildman–Crippen MR) is 50.3 cm³/mol. The fourth-order valence-corrected chi connectivity index (χ4v) is 1.24. The van der Waals surface area contributed by atoms with E-state index in [9.17, 15) is 13.6 Å². The van der Waals surface area contributed by atoms with E-state index in [-0.39, 0.29) is 11.1 Å². The van der Waals surface area contributed by atoms with Crippen LogP contribution in [-0.4, -0.2) is 11.1 Å². The third-order valence-corrected chi connectivity index (χ3v) is 2.07. The van der Waals surface area contributed by atoms with Crippen LogP contribution in [0, 0.1) is 18.6 Å². The Kier molecular flexibility index (Phi) is 3.36. The highest BCUT2D eigenvalue weighted by atomic mass is 19.1. The van der Waals surface area contributed by atoms with E-state index in [2.05, 4.69) is 0 Å². The van der Waals surface area contributed by atoms with Crippen LogP contribution in [0.3, 0.4) is 0 Å². The summed E-state index contributed by atoms with van der Waals surface area (Å²) >= 11 is 0. The SMILES string of the molecule is Cc1cc(F)c(C(N)CC(=O)O)cc1F. The summed E-state index contributed by atoms with van der Waals surface area (Å²) in [5.74, 6) is -2.42. The Morgan fingerprint density at radius 3 is 2.60 bits per heavy atom. The molecule has 1 rings (SSSR count). The van der Waals surface area contributed by atoms with Gasteiger partial charge in [-0.1, -0.05) is 0 Å². The van der Waals surface area contributed by atoms with E-state index in [1.54, 1.807) is 0 Å². The van der Waals surface area contributed by atoms with Crippen LogP contribution in [0.4, 0.5) is 8.78 Å². The lowest BCUT2D eigenvalue weighted by atomic mass is 10.0. The Morgan fingerprint density at radius 1 is 1.47 bits per heavy atom. The van der Waals surface area contributed by atoms with Crippen molar-refractivity contribution >= 4 is 5.97 Å². The second kappa shape index (κ2) is 4.35. The minimum atomic E-state index is -1.15. The molecule has 0 aliphatic heterocycles. The highest BCUT2D eigenvalue weighted by Gasteiger charge is 2.16. The predicted octanol–water partition coefficient (Wildman–Crippen LogP) is 1.75. The molecule has 0 amide bonds. The summed E-state index contributed by atoms with van der Waals surface area (Å²) in [5, 5.41) is 8.46. The minimum Gasteiger partial charge on any atom is -0.481 e. The van der Waals surface area contributed by atoms with E-state index in [4.69, 9.17) is 10.8 Å². The number of halogens is 2. The van der Waals surface area contributed by atoms with Crippen molar-refractivity contribution < 1.29 is 18.7 Å². The van der Waals surface area contributed by atoms with Gasteiger partial charge in [-0.2, -0.15) is 0 Å². The van der Waals surface area contributed by atoms with Crippen molar-refractivity contribution in [2.75, 3.05) is 0 Å². The Hall–Kier alpha value is -1.49. The molecule has 82 valence electrons. The number of aryl methyl sites for hydroxylation is 1. The number of carboxylic acids is 1. The van der Waals surface area contributed by atoms with Crippen molar-refractivity contribution in [1.82, 2.24) is 0 Å². The van der Waals surface area contributed by atoms with Crippen LogP contribution in [0.25, 0.3) is 0 Å². The minimum absolute atomic E-state index is 0.111. The van der Waals surface area contributed by atoms with E-state index in [1.807, 2.05) is 0 Å². The maximum atomic E-state index is 13.3. The molecule has 0 radical (unpaired) electrons. The first-order valence-corrected chi connectivity index (χ1v) is 4.34. The van der Waals surface area contributed by atoms with Gasteiger partial charge in [-0.15, -0.1) is 0 Å². The molecule has 1 unspecified atom stereocenters. The average Bonchev–Trinajstić information content (AvgIpc) is 2.09. The monoisotopic (exact) mass is 215 g/mol. The molecule has 0 aliphatic carbocycles. The second-order valence-electron chi connectivity index (χ2n) is 3.33. The first-order valence-electron chi connectivity index (χ1n) is 4.34. The lowest BCUT2D eigenvalue weighted by Crippen LogP contribution is -2.17. The van der Waals surface area contributed by atoms with Gasteiger partial charge in [-0.25, -0.2) is 8.78 Å². The van der Waals surface area contributed by atoms with E-state index in [1.165, 1.54) is 6.92 Å². The van der Waals surface area contributed by atoms with E-state index >= 15 is 0 Å². The zero-order chi connectivity index (χ0) is 11.6. The Balaban J connectivity index is 3.03. The van der Waals surface area contributed by atoms with Crippen LogP contribution < -0.4 is 5.73 Å². The zero-order valence-corrected chi connectivity index (χ0v) is 8.13. The Labute approximate surface area is 85.5 Å². The number of rotatable bonds is 3. The van der Waals surface area contributed by atoms with Crippen LogP contribution >= 0.6 is 0 Å². The maximum absolute atomic E-state index is 13.3. The van der Waals surface area contributed by atoms with Gasteiger partial charge in [0.05, 0.1) is 6.42 Å². The molecule has 1 atom stereocenters. The molecule has 0 spiro atoms. The van der Waals surface area contributed by atoms with Gasteiger partial charge in [-0.05, 0) is 24.6 Å². The molecule has 0 aromatic heterocycles. The molecule has 15 heavy (non-hydrogen) atoms. The molecule has 0 aliphatic rings. The topological polar surface area (TPSA) is 63.3 Å². The van der Waals surface area contributed by atoms with Crippen molar-refractivity contribution in [3.8, 4) is 0 Å². The smallest absolute Gasteiger partial charge is 0.305 e. The number of aliphatic carboxylic acids is 1.